The summed E-state index contributed by atoms with van der Waals surface area (Å²) in [5.41, 5.74) is 0.839. The van der Waals surface area contributed by atoms with Crippen LogP contribution >= 0.6 is 11.6 Å². The summed E-state index contributed by atoms with van der Waals surface area (Å²) in [6.07, 6.45) is 0.393. The van der Waals surface area contributed by atoms with Gasteiger partial charge in [0.25, 0.3) is 0 Å². The zero-order valence-electron chi connectivity index (χ0n) is 7.42. The third-order valence-corrected chi connectivity index (χ3v) is 2.00. The maximum absolute atomic E-state index is 10.8. The molecule has 0 atom stereocenters. The highest BCUT2D eigenvalue weighted by atomic mass is 35.5. The Morgan fingerprint density at radius 2 is 2.15 bits per heavy atom. The lowest BCUT2D eigenvalue weighted by Gasteiger charge is -2.04. The maximum atomic E-state index is 10.8. The maximum Gasteiger partial charge on any atom is 0.305 e. The van der Waals surface area contributed by atoms with Crippen LogP contribution in [0.5, 0.6) is 0 Å². The summed E-state index contributed by atoms with van der Waals surface area (Å²) in [5.74, 6) is -0.208. The molecule has 1 rings (SSSR count). The molecule has 0 radical (unpaired) electrons. The first-order chi connectivity index (χ1) is 6.24. The van der Waals surface area contributed by atoms with E-state index in [1.54, 1.807) is 13.0 Å². The summed E-state index contributed by atoms with van der Waals surface area (Å²) in [4.78, 5) is 10.8. The molecule has 0 heterocycles. The van der Waals surface area contributed by atoms with Crippen molar-refractivity contribution >= 4 is 17.6 Å². The Bertz CT molecular complexity index is 297. The standard InChI is InChI=1S/C10H11ClO2/c1-2-10(12)13-7-8-5-3-4-6-9(8)11/h3-6H,2,7H2,1H3. The van der Waals surface area contributed by atoms with E-state index in [-0.39, 0.29) is 12.6 Å². The number of ether oxygens (including phenoxy) is 1. The molecule has 0 N–H and O–H groups in total. The Morgan fingerprint density at radius 3 is 2.77 bits per heavy atom. The number of rotatable bonds is 3. The van der Waals surface area contributed by atoms with Gasteiger partial charge in [-0.3, -0.25) is 4.79 Å². The van der Waals surface area contributed by atoms with Gasteiger partial charge in [0.2, 0.25) is 0 Å². The third-order valence-electron chi connectivity index (χ3n) is 1.64. The van der Waals surface area contributed by atoms with Crippen LogP contribution in [0.4, 0.5) is 0 Å². The van der Waals surface area contributed by atoms with Gasteiger partial charge in [0.15, 0.2) is 0 Å². The largest absolute Gasteiger partial charge is 0.461 e. The van der Waals surface area contributed by atoms with Crippen LogP contribution in [0, 0.1) is 0 Å². The SMILES string of the molecule is CCC(=O)OCc1ccccc1Cl. The van der Waals surface area contributed by atoms with Gasteiger partial charge in [0.1, 0.15) is 6.61 Å². The molecule has 0 saturated carbocycles. The quantitative estimate of drug-likeness (QED) is 0.699. The minimum atomic E-state index is -0.208. The summed E-state index contributed by atoms with van der Waals surface area (Å²) in [6, 6.07) is 7.32. The Morgan fingerprint density at radius 1 is 1.46 bits per heavy atom. The van der Waals surface area contributed by atoms with Crippen LogP contribution in [-0.4, -0.2) is 5.97 Å². The molecule has 3 heteroatoms. The van der Waals surface area contributed by atoms with Crippen LogP contribution in [0.1, 0.15) is 18.9 Å². The second kappa shape index (κ2) is 4.87. The van der Waals surface area contributed by atoms with Gasteiger partial charge >= 0.3 is 5.97 Å². The van der Waals surface area contributed by atoms with Crippen molar-refractivity contribution in [2.24, 2.45) is 0 Å². The fraction of sp³-hybridized carbons (Fsp3) is 0.300. The van der Waals surface area contributed by atoms with Crippen LogP contribution in [-0.2, 0) is 16.1 Å². The lowest BCUT2D eigenvalue weighted by atomic mass is 10.2. The van der Waals surface area contributed by atoms with E-state index in [0.29, 0.717) is 11.4 Å². The molecule has 0 fully saturated rings. The van der Waals surface area contributed by atoms with Gasteiger partial charge in [-0.25, -0.2) is 0 Å². The number of esters is 1. The van der Waals surface area contributed by atoms with Gasteiger partial charge in [-0.2, -0.15) is 0 Å². The summed E-state index contributed by atoms with van der Waals surface area (Å²) >= 11 is 5.86. The van der Waals surface area contributed by atoms with Crippen molar-refractivity contribution in [2.75, 3.05) is 0 Å². The zero-order chi connectivity index (χ0) is 9.68. The highest BCUT2D eigenvalue weighted by Gasteiger charge is 2.02. The molecule has 1 aromatic carbocycles. The van der Waals surface area contributed by atoms with Gasteiger partial charge in [-0.15, -0.1) is 0 Å². The van der Waals surface area contributed by atoms with Crippen LogP contribution in [0.2, 0.25) is 5.02 Å². The minimum absolute atomic E-state index is 0.208. The van der Waals surface area contributed by atoms with E-state index in [1.807, 2.05) is 18.2 Å². The number of carbonyl (C=O) groups is 1. The van der Waals surface area contributed by atoms with E-state index in [2.05, 4.69) is 0 Å². The molecular weight excluding hydrogens is 188 g/mol. The Labute approximate surface area is 82.5 Å². The van der Waals surface area contributed by atoms with Gasteiger partial charge in [-0.1, -0.05) is 36.7 Å². The molecule has 0 aliphatic carbocycles. The molecule has 70 valence electrons. The molecular formula is C10H11ClO2. The van der Waals surface area contributed by atoms with E-state index in [0.717, 1.165) is 5.56 Å². The first-order valence-electron chi connectivity index (χ1n) is 4.13. The van der Waals surface area contributed by atoms with Crippen molar-refractivity contribution in [3.8, 4) is 0 Å². The minimum Gasteiger partial charge on any atom is -0.461 e. The summed E-state index contributed by atoms with van der Waals surface area (Å²) in [6.45, 7) is 2.02. The summed E-state index contributed by atoms with van der Waals surface area (Å²) < 4.78 is 4.93. The van der Waals surface area contributed by atoms with Gasteiger partial charge in [-0.05, 0) is 6.07 Å². The monoisotopic (exact) mass is 198 g/mol. The van der Waals surface area contributed by atoms with Crippen LogP contribution in [0.25, 0.3) is 0 Å². The predicted octanol–water partition coefficient (Wildman–Crippen LogP) is 2.79. The smallest absolute Gasteiger partial charge is 0.305 e. The number of halogens is 1. The van der Waals surface area contributed by atoms with Crippen LogP contribution in [0.3, 0.4) is 0 Å². The molecule has 2 nitrogen and oxygen atoms in total. The van der Waals surface area contributed by atoms with Crippen LogP contribution in [0.15, 0.2) is 24.3 Å². The van der Waals surface area contributed by atoms with Crippen molar-refractivity contribution in [3.05, 3.63) is 34.9 Å². The molecule has 0 saturated heterocycles. The van der Waals surface area contributed by atoms with Crippen molar-refractivity contribution in [1.82, 2.24) is 0 Å². The van der Waals surface area contributed by atoms with E-state index >= 15 is 0 Å². The number of carbonyl (C=O) groups excluding carboxylic acids is 1. The van der Waals surface area contributed by atoms with E-state index < -0.39 is 0 Å². The van der Waals surface area contributed by atoms with Gasteiger partial charge < -0.3 is 4.74 Å². The van der Waals surface area contributed by atoms with Crippen molar-refractivity contribution < 1.29 is 9.53 Å². The molecule has 13 heavy (non-hydrogen) atoms. The van der Waals surface area contributed by atoms with Crippen molar-refractivity contribution in [1.29, 1.82) is 0 Å². The molecule has 1 aromatic rings. The van der Waals surface area contributed by atoms with Gasteiger partial charge in [0, 0.05) is 17.0 Å². The Balaban J connectivity index is 2.54. The molecule has 0 amide bonds. The van der Waals surface area contributed by atoms with Gasteiger partial charge in [0.05, 0.1) is 0 Å². The summed E-state index contributed by atoms with van der Waals surface area (Å²) in [7, 11) is 0. The van der Waals surface area contributed by atoms with Crippen molar-refractivity contribution in [2.45, 2.75) is 20.0 Å². The number of benzene rings is 1. The normalized spacial score (nSPS) is 9.69. The molecule has 0 spiro atoms. The predicted molar refractivity (Wildman–Crippen MR) is 51.5 cm³/mol. The second-order valence-electron chi connectivity index (χ2n) is 2.61. The lowest BCUT2D eigenvalue weighted by molar-refractivity contribution is -0.144. The fourth-order valence-corrected chi connectivity index (χ4v) is 1.07. The van der Waals surface area contributed by atoms with Crippen molar-refractivity contribution in [3.63, 3.8) is 0 Å². The first kappa shape index (κ1) is 10.1. The fourth-order valence-electron chi connectivity index (χ4n) is 0.876. The highest BCUT2D eigenvalue weighted by Crippen LogP contribution is 2.15. The Hall–Kier alpha value is -1.02. The van der Waals surface area contributed by atoms with Crippen LogP contribution < -0.4 is 0 Å². The molecule has 0 aliphatic heterocycles. The molecule has 0 aromatic heterocycles. The van der Waals surface area contributed by atoms with E-state index in [1.165, 1.54) is 0 Å². The molecule has 0 unspecified atom stereocenters. The van der Waals surface area contributed by atoms with E-state index in [4.69, 9.17) is 16.3 Å². The Kier molecular flexibility index (Phi) is 3.77. The first-order valence-corrected chi connectivity index (χ1v) is 4.51. The second-order valence-corrected chi connectivity index (χ2v) is 3.01. The number of hydrogen-bond acceptors (Lipinski definition) is 2. The third kappa shape index (κ3) is 3.07. The number of hydrogen-bond donors (Lipinski definition) is 0. The molecule has 0 bridgehead atoms. The summed E-state index contributed by atoms with van der Waals surface area (Å²) in [5, 5.41) is 0.631. The molecule has 0 aliphatic rings. The topological polar surface area (TPSA) is 26.3 Å². The average molecular weight is 199 g/mol. The average Bonchev–Trinajstić information content (AvgIpc) is 2.16. The highest BCUT2D eigenvalue weighted by molar-refractivity contribution is 6.31. The zero-order valence-corrected chi connectivity index (χ0v) is 8.17. The van der Waals surface area contributed by atoms with E-state index in [9.17, 15) is 4.79 Å². The lowest BCUT2D eigenvalue weighted by Crippen LogP contribution is -2.02.